The maximum absolute atomic E-state index is 12.6. The van der Waals surface area contributed by atoms with Gasteiger partial charge >= 0.3 is 0 Å². The molecular formula is C18H16N4O. The van der Waals surface area contributed by atoms with Gasteiger partial charge in [-0.2, -0.15) is 10.2 Å². The van der Waals surface area contributed by atoms with E-state index in [1.807, 2.05) is 54.3 Å². The molecule has 2 aromatic heterocycles. The fourth-order valence-corrected chi connectivity index (χ4v) is 2.96. The molecule has 1 aromatic carbocycles. The average Bonchev–Trinajstić information content (AvgIpc) is 3.19. The Kier molecular flexibility index (Phi) is 3.19. The van der Waals surface area contributed by atoms with Crippen LogP contribution in [0, 0.1) is 0 Å². The van der Waals surface area contributed by atoms with Crippen LogP contribution in [-0.4, -0.2) is 25.3 Å². The van der Waals surface area contributed by atoms with Gasteiger partial charge < -0.3 is 0 Å². The number of carbonyl (C=O) groups is 1. The summed E-state index contributed by atoms with van der Waals surface area (Å²) in [4.78, 5) is 12.6. The Morgan fingerprint density at radius 3 is 2.74 bits per heavy atom. The number of hydrogen-bond donors (Lipinski definition) is 0. The lowest BCUT2D eigenvalue weighted by Crippen LogP contribution is -2.14. The number of fused-ring (bicyclic) bond motifs is 1. The number of para-hydroxylation sites is 1. The normalized spacial score (nSPS) is 15.9. The van der Waals surface area contributed by atoms with E-state index in [4.69, 9.17) is 0 Å². The molecule has 0 radical (unpaired) electrons. The van der Waals surface area contributed by atoms with Crippen molar-refractivity contribution in [2.45, 2.75) is 12.8 Å². The van der Waals surface area contributed by atoms with Crippen molar-refractivity contribution in [3.8, 4) is 5.69 Å². The summed E-state index contributed by atoms with van der Waals surface area (Å²) in [5.41, 5.74) is 4.50. The van der Waals surface area contributed by atoms with E-state index >= 15 is 0 Å². The van der Waals surface area contributed by atoms with Crippen molar-refractivity contribution >= 4 is 11.9 Å². The summed E-state index contributed by atoms with van der Waals surface area (Å²) in [6.07, 6.45) is 8.90. The minimum atomic E-state index is 0.0758. The molecule has 0 spiro atoms. The van der Waals surface area contributed by atoms with E-state index in [1.54, 1.807) is 17.1 Å². The van der Waals surface area contributed by atoms with Crippen molar-refractivity contribution in [2.75, 3.05) is 0 Å². The van der Waals surface area contributed by atoms with Crippen molar-refractivity contribution in [3.05, 3.63) is 71.3 Å². The van der Waals surface area contributed by atoms with Crippen LogP contribution >= 0.6 is 0 Å². The minimum absolute atomic E-state index is 0.0758. The second-order valence-electron chi connectivity index (χ2n) is 5.68. The molecule has 0 N–H and O–H groups in total. The summed E-state index contributed by atoms with van der Waals surface area (Å²) in [7, 11) is 1.88. The Morgan fingerprint density at radius 1 is 1.09 bits per heavy atom. The molecule has 1 aliphatic rings. The Labute approximate surface area is 133 Å². The third-order valence-corrected chi connectivity index (χ3v) is 4.19. The molecule has 5 heteroatoms. The molecule has 0 bridgehead atoms. The number of aromatic nitrogens is 4. The first-order chi connectivity index (χ1) is 11.2. The van der Waals surface area contributed by atoms with Gasteiger partial charge in [-0.1, -0.05) is 18.2 Å². The number of Topliss-reactive ketones (excluding diaryl/α,β-unsaturated/α-hetero) is 1. The van der Waals surface area contributed by atoms with E-state index in [0.29, 0.717) is 0 Å². The number of hydrogen-bond acceptors (Lipinski definition) is 3. The van der Waals surface area contributed by atoms with E-state index in [2.05, 4.69) is 10.2 Å². The Balaban J connectivity index is 1.64. The molecule has 23 heavy (non-hydrogen) atoms. The van der Waals surface area contributed by atoms with Crippen LogP contribution in [0.3, 0.4) is 0 Å². The highest BCUT2D eigenvalue weighted by Crippen LogP contribution is 2.26. The van der Waals surface area contributed by atoms with Crippen molar-refractivity contribution in [1.29, 1.82) is 0 Å². The van der Waals surface area contributed by atoms with Gasteiger partial charge in [0.2, 0.25) is 0 Å². The molecule has 0 saturated carbocycles. The van der Waals surface area contributed by atoms with Crippen LogP contribution in [0.15, 0.2) is 54.5 Å². The van der Waals surface area contributed by atoms with Crippen LogP contribution in [0.5, 0.6) is 0 Å². The molecule has 3 aromatic rings. The topological polar surface area (TPSA) is 52.7 Å². The van der Waals surface area contributed by atoms with Crippen LogP contribution in [-0.2, 0) is 13.5 Å². The SMILES string of the molecule is Cn1ncc2c1CCC(=Cc1cnn(-c3ccccc3)c1)C2=O. The molecule has 0 fully saturated rings. The molecule has 0 atom stereocenters. The summed E-state index contributed by atoms with van der Waals surface area (Å²) in [5.74, 6) is 0.0758. The lowest BCUT2D eigenvalue weighted by atomic mass is 9.90. The predicted octanol–water partition coefficient (Wildman–Crippen LogP) is 2.82. The van der Waals surface area contributed by atoms with Gasteiger partial charge in [-0.25, -0.2) is 4.68 Å². The van der Waals surface area contributed by atoms with Gasteiger partial charge in [0, 0.05) is 30.1 Å². The molecule has 0 amide bonds. The number of rotatable bonds is 2. The second-order valence-corrected chi connectivity index (χ2v) is 5.68. The van der Waals surface area contributed by atoms with Crippen LogP contribution in [0.4, 0.5) is 0 Å². The highest BCUT2D eigenvalue weighted by molar-refractivity contribution is 6.12. The molecule has 0 saturated heterocycles. The Hall–Kier alpha value is -2.95. The van der Waals surface area contributed by atoms with Crippen molar-refractivity contribution in [2.24, 2.45) is 7.05 Å². The van der Waals surface area contributed by atoms with E-state index in [0.717, 1.165) is 40.9 Å². The predicted molar refractivity (Wildman–Crippen MR) is 87.4 cm³/mol. The molecule has 2 heterocycles. The highest BCUT2D eigenvalue weighted by Gasteiger charge is 2.24. The van der Waals surface area contributed by atoms with Gasteiger partial charge in [0.05, 0.1) is 23.6 Å². The summed E-state index contributed by atoms with van der Waals surface area (Å²) < 4.78 is 3.60. The fraction of sp³-hybridized carbons (Fsp3) is 0.167. The minimum Gasteiger partial charge on any atom is -0.289 e. The van der Waals surface area contributed by atoms with Crippen molar-refractivity contribution < 1.29 is 4.79 Å². The van der Waals surface area contributed by atoms with Gasteiger partial charge in [0.1, 0.15) is 0 Å². The number of nitrogens with zero attached hydrogens (tertiary/aromatic N) is 4. The van der Waals surface area contributed by atoms with Gasteiger partial charge in [-0.3, -0.25) is 9.48 Å². The maximum Gasteiger partial charge on any atom is 0.192 e. The fourth-order valence-electron chi connectivity index (χ4n) is 2.96. The number of aryl methyl sites for hydroxylation is 1. The summed E-state index contributed by atoms with van der Waals surface area (Å²) in [6.45, 7) is 0. The molecular weight excluding hydrogens is 288 g/mol. The van der Waals surface area contributed by atoms with Gasteiger partial charge in [-0.15, -0.1) is 0 Å². The highest BCUT2D eigenvalue weighted by atomic mass is 16.1. The third kappa shape index (κ3) is 2.40. The summed E-state index contributed by atoms with van der Waals surface area (Å²) in [5, 5.41) is 8.56. The number of carbonyl (C=O) groups excluding carboxylic acids is 1. The first-order valence-corrected chi connectivity index (χ1v) is 7.58. The zero-order chi connectivity index (χ0) is 15.8. The molecule has 5 nitrogen and oxygen atoms in total. The number of benzene rings is 1. The first kappa shape index (κ1) is 13.7. The van der Waals surface area contributed by atoms with Gasteiger partial charge in [0.15, 0.2) is 5.78 Å². The van der Waals surface area contributed by atoms with Crippen molar-refractivity contribution in [1.82, 2.24) is 19.6 Å². The van der Waals surface area contributed by atoms with Crippen LogP contribution in [0.1, 0.15) is 28.0 Å². The smallest absolute Gasteiger partial charge is 0.192 e. The average molecular weight is 304 g/mol. The summed E-state index contributed by atoms with van der Waals surface area (Å²) >= 11 is 0. The molecule has 0 unspecified atom stereocenters. The van der Waals surface area contributed by atoms with E-state index in [-0.39, 0.29) is 5.78 Å². The largest absolute Gasteiger partial charge is 0.289 e. The van der Waals surface area contributed by atoms with Gasteiger partial charge in [-0.05, 0) is 31.1 Å². The Morgan fingerprint density at radius 2 is 1.91 bits per heavy atom. The first-order valence-electron chi connectivity index (χ1n) is 7.58. The number of ketones is 1. The molecule has 0 aliphatic heterocycles. The van der Waals surface area contributed by atoms with E-state index in [1.165, 1.54) is 0 Å². The monoisotopic (exact) mass is 304 g/mol. The third-order valence-electron chi connectivity index (χ3n) is 4.19. The lowest BCUT2D eigenvalue weighted by molar-refractivity contribution is 0.102. The van der Waals surface area contributed by atoms with Crippen LogP contribution < -0.4 is 0 Å². The molecule has 114 valence electrons. The maximum atomic E-state index is 12.6. The van der Waals surface area contributed by atoms with Crippen LogP contribution in [0.2, 0.25) is 0 Å². The molecule has 4 rings (SSSR count). The summed E-state index contributed by atoms with van der Waals surface area (Å²) in [6, 6.07) is 9.92. The molecule has 1 aliphatic carbocycles. The van der Waals surface area contributed by atoms with E-state index in [9.17, 15) is 4.79 Å². The standard InChI is InChI=1S/C18H16N4O/c1-21-17-8-7-14(18(23)16(17)11-19-21)9-13-10-20-22(12-13)15-5-3-2-4-6-15/h2-6,9-12H,7-8H2,1H3. The lowest BCUT2D eigenvalue weighted by Gasteiger charge is -2.14. The Bertz CT molecular complexity index is 902. The van der Waals surface area contributed by atoms with Crippen molar-refractivity contribution in [3.63, 3.8) is 0 Å². The zero-order valence-electron chi connectivity index (χ0n) is 12.8. The quantitative estimate of drug-likeness (QED) is 0.684. The zero-order valence-corrected chi connectivity index (χ0v) is 12.8. The second kappa shape index (κ2) is 5.35. The van der Waals surface area contributed by atoms with Gasteiger partial charge in [0.25, 0.3) is 0 Å². The van der Waals surface area contributed by atoms with E-state index < -0.39 is 0 Å². The van der Waals surface area contributed by atoms with Crippen LogP contribution in [0.25, 0.3) is 11.8 Å². The number of allylic oxidation sites excluding steroid dienone is 1.